The number of ether oxygens (including phenoxy) is 4. The van der Waals surface area contributed by atoms with Crippen LogP contribution >= 0.6 is 0 Å². The van der Waals surface area contributed by atoms with Gasteiger partial charge in [0.05, 0.1) is 27.4 Å². The fraction of sp³-hybridized carbons (Fsp3) is 0.345. The molecular formula is C29H31NO6. The van der Waals surface area contributed by atoms with E-state index in [4.69, 9.17) is 18.9 Å². The topological polar surface area (TPSA) is 77.5 Å². The van der Waals surface area contributed by atoms with Crippen LogP contribution < -0.4 is 14.2 Å². The van der Waals surface area contributed by atoms with Crippen molar-refractivity contribution >= 4 is 5.91 Å². The van der Waals surface area contributed by atoms with Crippen molar-refractivity contribution in [3.63, 3.8) is 0 Å². The summed E-state index contributed by atoms with van der Waals surface area (Å²) in [5.41, 5.74) is 1.33. The Morgan fingerprint density at radius 1 is 0.889 bits per heavy atom. The Bertz CT molecular complexity index is 1180. The molecule has 1 amide bonds. The van der Waals surface area contributed by atoms with Crippen molar-refractivity contribution in [1.82, 2.24) is 4.90 Å². The van der Waals surface area contributed by atoms with Crippen molar-refractivity contribution in [1.29, 1.82) is 0 Å². The fourth-order valence-electron chi connectivity index (χ4n) is 5.65. The van der Waals surface area contributed by atoms with E-state index in [0.29, 0.717) is 29.4 Å². The molecule has 1 N–H and O–H groups in total. The number of carbonyl (C=O) groups is 1. The van der Waals surface area contributed by atoms with Crippen LogP contribution in [0.25, 0.3) is 0 Å². The van der Waals surface area contributed by atoms with Gasteiger partial charge in [-0.15, -0.1) is 0 Å². The van der Waals surface area contributed by atoms with Gasteiger partial charge in [0.15, 0.2) is 17.6 Å². The predicted molar refractivity (Wildman–Crippen MR) is 134 cm³/mol. The predicted octanol–water partition coefficient (Wildman–Crippen LogP) is 4.08. The summed E-state index contributed by atoms with van der Waals surface area (Å²) in [5.74, 6) is 1.03. The molecule has 188 valence electrons. The lowest BCUT2D eigenvalue weighted by Gasteiger charge is -2.51. The van der Waals surface area contributed by atoms with Gasteiger partial charge in [-0.1, -0.05) is 60.7 Å². The van der Waals surface area contributed by atoms with Gasteiger partial charge in [0.1, 0.15) is 17.5 Å². The summed E-state index contributed by atoms with van der Waals surface area (Å²) in [6, 6.07) is 23.0. The quantitative estimate of drug-likeness (QED) is 0.539. The highest BCUT2D eigenvalue weighted by molar-refractivity contribution is 5.84. The van der Waals surface area contributed by atoms with E-state index in [1.54, 1.807) is 12.1 Å². The first kappa shape index (κ1) is 24.2. The van der Waals surface area contributed by atoms with E-state index in [2.05, 4.69) is 0 Å². The number of hydrogen-bond acceptors (Lipinski definition) is 6. The van der Waals surface area contributed by atoms with E-state index in [9.17, 15) is 9.90 Å². The summed E-state index contributed by atoms with van der Waals surface area (Å²) < 4.78 is 23.3. The molecular weight excluding hydrogens is 458 g/mol. The Labute approximate surface area is 211 Å². The highest BCUT2D eigenvalue weighted by Crippen LogP contribution is 2.50. The lowest BCUT2D eigenvalue weighted by Crippen LogP contribution is -2.62. The molecule has 3 aromatic rings. The van der Waals surface area contributed by atoms with Gasteiger partial charge in [0, 0.05) is 18.2 Å². The van der Waals surface area contributed by atoms with E-state index >= 15 is 0 Å². The third-order valence-electron chi connectivity index (χ3n) is 7.31. The molecule has 0 spiro atoms. The summed E-state index contributed by atoms with van der Waals surface area (Å²) in [6.45, 7) is 0.612. The molecule has 2 saturated heterocycles. The van der Waals surface area contributed by atoms with Crippen LogP contribution in [0.3, 0.4) is 0 Å². The molecule has 3 aromatic carbocycles. The van der Waals surface area contributed by atoms with Gasteiger partial charge in [-0.3, -0.25) is 4.79 Å². The number of nitrogens with zero attached hydrogens (tertiary/aromatic N) is 1. The Morgan fingerprint density at radius 2 is 1.44 bits per heavy atom. The molecule has 0 bridgehead atoms. The normalized spacial score (nSPS) is 21.6. The molecule has 3 atom stereocenters. The Kier molecular flexibility index (Phi) is 6.60. The first-order valence-corrected chi connectivity index (χ1v) is 12.1. The molecule has 2 aliphatic rings. The van der Waals surface area contributed by atoms with Crippen LogP contribution in [0.15, 0.2) is 72.8 Å². The number of benzene rings is 3. The summed E-state index contributed by atoms with van der Waals surface area (Å²) in [5, 5.41) is 11.7. The highest BCUT2D eigenvalue weighted by atomic mass is 16.5. The molecule has 0 aliphatic carbocycles. The van der Waals surface area contributed by atoms with Crippen LogP contribution in [-0.4, -0.2) is 55.9 Å². The van der Waals surface area contributed by atoms with Gasteiger partial charge >= 0.3 is 0 Å². The van der Waals surface area contributed by atoms with E-state index in [1.807, 2.05) is 65.6 Å². The lowest BCUT2D eigenvalue weighted by molar-refractivity contribution is -0.204. The second-order valence-electron chi connectivity index (χ2n) is 9.09. The smallest absolute Gasteiger partial charge is 0.255 e. The molecule has 0 radical (unpaired) electrons. The van der Waals surface area contributed by atoms with Crippen molar-refractivity contribution in [2.45, 2.75) is 36.7 Å². The fourth-order valence-corrected chi connectivity index (χ4v) is 5.65. The molecule has 36 heavy (non-hydrogen) atoms. The number of hydrogen-bond donors (Lipinski definition) is 1. The molecule has 7 heteroatoms. The molecule has 0 aromatic heterocycles. The Hall–Kier alpha value is -3.55. The second kappa shape index (κ2) is 9.84. The van der Waals surface area contributed by atoms with Crippen molar-refractivity contribution < 1.29 is 28.8 Å². The number of fused-ring (bicyclic) bond motifs is 1. The number of rotatable bonds is 7. The van der Waals surface area contributed by atoms with Crippen LogP contribution in [0.4, 0.5) is 0 Å². The zero-order chi connectivity index (χ0) is 25.3. The second-order valence-corrected chi connectivity index (χ2v) is 9.09. The van der Waals surface area contributed by atoms with Gasteiger partial charge in [0.25, 0.3) is 5.91 Å². The van der Waals surface area contributed by atoms with Crippen LogP contribution in [0.1, 0.15) is 35.6 Å². The molecule has 2 aliphatic heterocycles. The van der Waals surface area contributed by atoms with E-state index in [1.165, 1.54) is 21.3 Å². The van der Waals surface area contributed by atoms with Crippen molar-refractivity contribution in [3.8, 4) is 17.2 Å². The number of amides is 1. The molecule has 2 heterocycles. The van der Waals surface area contributed by atoms with Gasteiger partial charge < -0.3 is 29.0 Å². The van der Waals surface area contributed by atoms with Crippen molar-refractivity contribution in [3.05, 3.63) is 89.5 Å². The summed E-state index contributed by atoms with van der Waals surface area (Å²) in [7, 11) is 4.56. The molecule has 7 nitrogen and oxygen atoms in total. The minimum absolute atomic E-state index is 0.189. The van der Waals surface area contributed by atoms with Crippen molar-refractivity contribution in [2.24, 2.45) is 0 Å². The Balaban J connectivity index is 1.67. The number of aliphatic hydroxyl groups excluding tert-OH is 1. The van der Waals surface area contributed by atoms with Crippen LogP contribution in [0.5, 0.6) is 17.2 Å². The van der Waals surface area contributed by atoms with Crippen LogP contribution in [0, 0.1) is 0 Å². The number of carbonyl (C=O) groups excluding carboxylic acids is 1. The molecule has 0 unspecified atom stereocenters. The average Bonchev–Trinajstić information content (AvgIpc) is 3.44. The minimum atomic E-state index is -1.30. The van der Waals surface area contributed by atoms with E-state index in [0.717, 1.165) is 24.0 Å². The van der Waals surface area contributed by atoms with Gasteiger partial charge in [0.2, 0.25) is 0 Å². The average molecular weight is 490 g/mol. The first-order chi connectivity index (χ1) is 17.5. The molecule has 5 rings (SSSR count). The maximum Gasteiger partial charge on any atom is 0.255 e. The minimum Gasteiger partial charge on any atom is -0.496 e. The van der Waals surface area contributed by atoms with Crippen molar-refractivity contribution in [2.75, 3.05) is 27.9 Å². The third kappa shape index (κ3) is 3.79. The summed E-state index contributed by atoms with van der Waals surface area (Å²) >= 11 is 0. The van der Waals surface area contributed by atoms with Crippen LogP contribution in [0.2, 0.25) is 0 Å². The van der Waals surface area contributed by atoms with E-state index < -0.39 is 17.8 Å². The monoisotopic (exact) mass is 489 g/mol. The molecule has 2 fully saturated rings. The maximum atomic E-state index is 13.8. The summed E-state index contributed by atoms with van der Waals surface area (Å²) in [4.78, 5) is 15.7. The maximum absolute atomic E-state index is 13.8. The molecule has 0 saturated carbocycles. The lowest BCUT2D eigenvalue weighted by atomic mass is 9.77. The first-order valence-electron chi connectivity index (χ1n) is 12.1. The summed E-state index contributed by atoms with van der Waals surface area (Å²) in [6.07, 6.45) is -0.797. The number of morpholine rings is 1. The largest absolute Gasteiger partial charge is 0.496 e. The van der Waals surface area contributed by atoms with E-state index in [-0.39, 0.29) is 11.9 Å². The zero-order valence-electron chi connectivity index (χ0n) is 20.7. The highest BCUT2D eigenvalue weighted by Gasteiger charge is 2.57. The zero-order valence-corrected chi connectivity index (χ0v) is 20.7. The Morgan fingerprint density at radius 3 is 2.00 bits per heavy atom. The number of methoxy groups -OCH3 is 3. The van der Waals surface area contributed by atoms with Gasteiger partial charge in [-0.2, -0.15) is 0 Å². The van der Waals surface area contributed by atoms with Gasteiger partial charge in [-0.05, 0) is 30.0 Å². The van der Waals surface area contributed by atoms with Crippen LogP contribution in [-0.2, 0) is 15.1 Å². The number of aliphatic hydroxyl groups is 1. The standard InChI is InChI=1S/C29H31NO6/c1-33-22-18-24(35-3)23(34-2)17-21(22)26(31)27-28(32)30-16-10-15-25(30)29(36-27,19-11-6-4-7-12-19)20-13-8-5-9-14-20/h4-9,11-14,17-18,25-27,31H,10,15-16H2,1-3H3/t25-,26-,27-/m0/s1. The van der Waals surface area contributed by atoms with Gasteiger partial charge in [-0.25, -0.2) is 0 Å². The SMILES string of the molecule is COc1cc(OC)c([C@H](O)[C@@H]2OC(c3ccccc3)(c3ccccc3)[C@@H]3CCCN3C2=O)cc1OC. The third-order valence-corrected chi connectivity index (χ3v) is 7.31.